The lowest BCUT2D eigenvalue weighted by Gasteiger charge is -2.70. The Labute approximate surface area is 245 Å². The van der Waals surface area contributed by atoms with Crippen molar-refractivity contribution in [3.05, 3.63) is 34.4 Å². The summed E-state index contributed by atoms with van der Waals surface area (Å²) in [5, 5.41) is 19.9. The van der Waals surface area contributed by atoms with E-state index in [-0.39, 0.29) is 39.8 Å². The van der Waals surface area contributed by atoms with Gasteiger partial charge in [0.05, 0.1) is 12.0 Å². The molecule has 41 heavy (non-hydrogen) atoms. The van der Waals surface area contributed by atoms with Crippen LogP contribution >= 0.6 is 0 Å². The molecule has 0 radical (unpaired) electrons. The van der Waals surface area contributed by atoms with Crippen molar-refractivity contribution in [2.24, 2.45) is 27.6 Å². The van der Waals surface area contributed by atoms with E-state index in [2.05, 4.69) is 41.5 Å². The van der Waals surface area contributed by atoms with Crippen molar-refractivity contribution < 1.29 is 32.7 Å². The SMILES string of the molecule is CCCCOC(=O)[C@]1(C)CC[C@]2(C)CC[C@]3(C)C4=CC(S(=O)(=O)O)c5c(cc(O)c(O)c5C)[C@]4(C)CC[C@@]3(C)[C@@H]2C1. The van der Waals surface area contributed by atoms with Gasteiger partial charge in [-0.1, -0.05) is 52.7 Å². The third-order valence-corrected chi connectivity index (χ3v) is 13.6. The van der Waals surface area contributed by atoms with E-state index in [0.717, 1.165) is 63.4 Å². The zero-order valence-electron chi connectivity index (χ0n) is 25.8. The molecule has 4 aliphatic carbocycles. The third-order valence-electron chi connectivity index (χ3n) is 12.6. The molecule has 4 aliphatic rings. The largest absolute Gasteiger partial charge is 0.504 e. The van der Waals surface area contributed by atoms with E-state index in [4.69, 9.17) is 4.74 Å². The quantitative estimate of drug-likeness (QED) is 0.109. The molecule has 0 aromatic heterocycles. The van der Waals surface area contributed by atoms with Crippen LogP contribution in [0, 0.1) is 34.5 Å². The summed E-state index contributed by atoms with van der Waals surface area (Å²) >= 11 is 0. The van der Waals surface area contributed by atoms with Crippen molar-refractivity contribution in [3.8, 4) is 11.5 Å². The minimum absolute atomic E-state index is 0.0570. The van der Waals surface area contributed by atoms with Crippen LogP contribution in [-0.2, 0) is 25.1 Å². The number of carbonyl (C=O) groups is 1. The van der Waals surface area contributed by atoms with Gasteiger partial charge >= 0.3 is 5.97 Å². The zero-order valence-corrected chi connectivity index (χ0v) is 26.6. The minimum Gasteiger partial charge on any atom is -0.504 e. The molecule has 1 aromatic rings. The Morgan fingerprint density at radius 3 is 2.32 bits per heavy atom. The van der Waals surface area contributed by atoms with Crippen molar-refractivity contribution in [3.63, 3.8) is 0 Å². The number of esters is 1. The standard InChI is InChI=1S/C33H48O7S/c1-8-9-16-40-28(36)30(4)11-10-29(3)12-14-32(6)24-18-23(41(37,38)39)26-20(2)27(35)22(34)17-21(26)31(24,5)13-15-33(32,7)25(29)19-30/h17-18,23,25,34-35H,8-16,19H2,1-7H3,(H,37,38,39)/t23?,25-,29-,30-,31+,32-,33+/m1/s1. The fourth-order valence-corrected chi connectivity index (χ4v) is 10.5. The van der Waals surface area contributed by atoms with Gasteiger partial charge in [-0.2, -0.15) is 8.42 Å². The van der Waals surface area contributed by atoms with Crippen LogP contribution in [-0.4, -0.2) is 35.8 Å². The summed E-state index contributed by atoms with van der Waals surface area (Å²) in [6.45, 7) is 15.3. The molecule has 228 valence electrons. The molecule has 5 rings (SSSR count). The molecule has 3 fully saturated rings. The number of hydrogen-bond acceptors (Lipinski definition) is 6. The van der Waals surface area contributed by atoms with Crippen LogP contribution in [0.25, 0.3) is 0 Å². The van der Waals surface area contributed by atoms with Gasteiger partial charge in [0.1, 0.15) is 5.25 Å². The van der Waals surface area contributed by atoms with E-state index in [1.807, 2.05) is 0 Å². The Hall–Kier alpha value is -2.06. The fraction of sp³-hybridized carbons (Fsp3) is 0.727. The predicted octanol–water partition coefficient (Wildman–Crippen LogP) is 7.29. The van der Waals surface area contributed by atoms with Crippen LogP contribution in [0.15, 0.2) is 17.7 Å². The van der Waals surface area contributed by atoms with Crippen molar-refractivity contribution in [2.45, 2.75) is 117 Å². The highest BCUT2D eigenvalue weighted by molar-refractivity contribution is 7.86. The third kappa shape index (κ3) is 4.21. The lowest BCUT2D eigenvalue weighted by molar-refractivity contribution is -0.181. The number of ether oxygens (including phenoxy) is 1. The van der Waals surface area contributed by atoms with Gasteiger partial charge in [0.15, 0.2) is 11.5 Å². The number of fused-ring (bicyclic) bond motifs is 7. The second-order valence-corrected chi connectivity index (χ2v) is 16.4. The number of phenols is 2. The van der Waals surface area contributed by atoms with Crippen LogP contribution in [0.1, 0.15) is 121 Å². The summed E-state index contributed by atoms with van der Waals surface area (Å²) in [5.74, 6) is -0.521. The first-order chi connectivity index (χ1) is 18.9. The lowest BCUT2D eigenvalue weighted by atomic mass is 9.34. The average Bonchev–Trinajstić information content (AvgIpc) is 2.89. The molecule has 0 amide bonds. The monoisotopic (exact) mass is 588 g/mol. The molecular weight excluding hydrogens is 540 g/mol. The van der Waals surface area contributed by atoms with Crippen molar-refractivity contribution >= 4 is 16.1 Å². The Balaban J connectivity index is 1.63. The second kappa shape index (κ2) is 9.47. The maximum atomic E-state index is 13.4. The van der Waals surface area contributed by atoms with E-state index in [0.29, 0.717) is 17.7 Å². The van der Waals surface area contributed by atoms with E-state index in [1.54, 1.807) is 13.0 Å². The molecular formula is C33H48O7S. The van der Waals surface area contributed by atoms with Gasteiger partial charge in [0, 0.05) is 5.41 Å². The molecule has 1 unspecified atom stereocenters. The number of allylic oxidation sites excluding steroid dienone is 1. The molecule has 3 N–H and O–H groups in total. The molecule has 0 heterocycles. The van der Waals surface area contributed by atoms with Crippen LogP contribution in [0.4, 0.5) is 0 Å². The van der Waals surface area contributed by atoms with Crippen molar-refractivity contribution in [1.82, 2.24) is 0 Å². The van der Waals surface area contributed by atoms with E-state index in [9.17, 15) is 28.0 Å². The Morgan fingerprint density at radius 2 is 1.68 bits per heavy atom. The lowest BCUT2D eigenvalue weighted by Crippen LogP contribution is -2.62. The summed E-state index contributed by atoms with van der Waals surface area (Å²) in [5.41, 5.74) is 0.564. The summed E-state index contributed by atoms with van der Waals surface area (Å²) in [4.78, 5) is 13.4. The zero-order chi connectivity index (χ0) is 30.4. The number of rotatable bonds is 5. The smallest absolute Gasteiger partial charge is 0.311 e. The highest BCUT2D eigenvalue weighted by atomic mass is 32.2. The number of unbranched alkanes of at least 4 members (excludes halogenated alkanes) is 1. The van der Waals surface area contributed by atoms with Crippen molar-refractivity contribution in [1.29, 1.82) is 0 Å². The topological polar surface area (TPSA) is 121 Å². The number of benzene rings is 1. The molecule has 7 nitrogen and oxygen atoms in total. The van der Waals surface area contributed by atoms with E-state index in [1.165, 1.54) is 6.07 Å². The summed E-state index contributed by atoms with van der Waals surface area (Å²) in [7, 11) is -4.56. The second-order valence-electron chi connectivity index (χ2n) is 14.9. The number of hydrogen-bond donors (Lipinski definition) is 3. The predicted molar refractivity (Wildman–Crippen MR) is 158 cm³/mol. The number of carbonyl (C=O) groups excluding carboxylic acids is 1. The molecule has 1 aromatic carbocycles. The first kappa shape index (κ1) is 30.4. The normalized spacial score (nSPS) is 40.0. The van der Waals surface area contributed by atoms with E-state index >= 15 is 0 Å². The number of phenolic OH excluding ortho intramolecular Hbond substituents is 2. The maximum absolute atomic E-state index is 13.4. The summed E-state index contributed by atoms with van der Waals surface area (Å²) < 4.78 is 42.0. The maximum Gasteiger partial charge on any atom is 0.311 e. The van der Waals surface area contributed by atoms with Gasteiger partial charge in [-0.25, -0.2) is 0 Å². The Kier molecular flexibility index (Phi) is 7.02. The molecule has 3 saturated carbocycles. The fourth-order valence-electron chi connectivity index (χ4n) is 9.59. The van der Waals surface area contributed by atoms with Crippen LogP contribution < -0.4 is 0 Å². The molecule has 7 atom stereocenters. The number of aromatic hydroxyl groups is 2. The van der Waals surface area contributed by atoms with Crippen LogP contribution in [0.2, 0.25) is 0 Å². The highest BCUT2D eigenvalue weighted by Crippen LogP contribution is 2.75. The Morgan fingerprint density at radius 1 is 1.02 bits per heavy atom. The molecule has 0 bridgehead atoms. The highest BCUT2D eigenvalue weighted by Gasteiger charge is 2.67. The minimum atomic E-state index is -4.56. The van der Waals surface area contributed by atoms with Gasteiger partial charge in [-0.05, 0) is 110 Å². The summed E-state index contributed by atoms with van der Waals surface area (Å²) in [6, 6.07) is 1.51. The first-order valence-corrected chi connectivity index (χ1v) is 16.8. The molecule has 8 heteroatoms. The molecule has 0 spiro atoms. The van der Waals surface area contributed by atoms with Gasteiger partial charge in [-0.15, -0.1) is 0 Å². The van der Waals surface area contributed by atoms with Crippen LogP contribution in [0.3, 0.4) is 0 Å². The Bertz CT molecular complexity index is 1410. The van der Waals surface area contributed by atoms with Gasteiger partial charge in [0.2, 0.25) is 0 Å². The van der Waals surface area contributed by atoms with Gasteiger partial charge < -0.3 is 14.9 Å². The van der Waals surface area contributed by atoms with Crippen molar-refractivity contribution in [2.75, 3.05) is 6.61 Å². The average molecular weight is 589 g/mol. The van der Waals surface area contributed by atoms with Gasteiger partial charge in [0.25, 0.3) is 10.1 Å². The van der Waals surface area contributed by atoms with Crippen LogP contribution in [0.5, 0.6) is 11.5 Å². The molecule has 0 aliphatic heterocycles. The van der Waals surface area contributed by atoms with E-state index < -0.39 is 31.6 Å². The first-order valence-electron chi connectivity index (χ1n) is 15.3. The summed E-state index contributed by atoms with van der Waals surface area (Å²) in [6.07, 6.45) is 9.49. The molecule has 0 saturated heterocycles. The van der Waals surface area contributed by atoms with Gasteiger partial charge in [-0.3, -0.25) is 9.35 Å².